The van der Waals surface area contributed by atoms with Gasteiger partial charge in [-0.05, 0) is 52.0 Å². The molecule has 7 nitrogen and oxygen atoms in total. The number of ketones is 1. The summed E-state index contributed by atoms with van der Waals surface area (Å²) >= 11 is 1.33. The van der Waals surface area contributed by atoms with Gasteiger partial charge < -0.3 is 9.13 Å². The van der Waals surface area contributed by atoms with Gasteiger partial charge in [-0.3, -0.25) is 4.79 Å². The molecule has 1 aromatic carbocycles. The summed E-state index contributed by atoms with van der Waals surface area (Å²) in [7, 11) is -1.95. The third kappa shape index (κ3) is 3.74. The van der Waals surface area contributed by atoms with E-state index in [0.717, 1.165) is 22.5 Å². The van der Waals surface area contributed by atoms with E-state index in [1.54, 1.807) is 6.07 Å². The number of hydrogen-bond donors (Lipinski definition) is 1. The number of imidazole rings is 1. The molecule has 0 radical (unpaired) electrons. The second kappa shape index (κ2) is 7.38. The van der Waals surface area contributed by atoms with Crippen molar-refractivity contribution in [1.29, 1.82) is 0 Å². The summed E-state index contributed by atoms with van der Waals surface area (Å²) in [5.41, 5.74) is 4.08. The number of Topliss-reactive ketones (excluding diaryl/α,β-unsaturated/α-hetero) is 1. The van der Waals surface area contributed by atoms with E-state index in [1.165, 1.54) is 23.9 Å². The van der Waals surface area contributed by atoms with Crippen molar-refractivity contribution in [2.45, 2.75) is 43.8 Å². The van der Waals surface area contributed by atoms with Crippen molar-refractivity contribution < 1.29 is 13.2 Å². The lowest BCUT2D eigenvalue weighted by atomic mass is 10.2. The van der Waals surface area contributed by atoms with Crippen molar-refractivity contribution in [3.63, 3.8) is 0 Å². The van der Waals surface area contributed by atoms with Gasteiger partial charge in [0.15, 0.2) is 10.9 Å². The molecule has 0 saturated carbocycles. The van der Waals surface area contributed by atoms with Crippen LogP contribution < -0.4 is 5.14 Å². The van der Waals surface area contributed by atoms with Crippen molar-refractivity contribution in [3.05, 3.63) is 41.2 Å². The van der Waals surface area contributed by atoms with Gasteiger partial charge in [-0.1, -0.05) is 11.8 Å². The molecule has 0 aliphatic carbocycles. The molecule has 0 spiro atoms. The minimum absolute atomic E-state index is 0.0202. The number of rotatable bonds is 6. The fraction of sp³-hybridized carbons (Fsp3) is 0.368. The van der Waals surface area contributed by atoms with Crippen LogP contribution in [0.3, 0.4) is 0 Å². The van der Waals surface area contributed by atoms with Crippen LogP contribution in [0.4, 0.5) is 0 Å². The highest BCUT2D eigenvalue weighted by Crippen LogP contribution is 2.27. The Morgan fingerprint density at radius 3 is 2.50 bits per heavy atom. The van der Waals surface area contributed by atoms with Gasteiger partial charge in [0.1, 0.15) is 0 Å². The van der Waals surface area contributed by atoms with E-state index in [2.05, 4.69) is 23.4 Å². The molecule has 2 heterocycles. The number of carbonyl (C=O) groups is 1. The molecule has 150 valence electrons. The van der Waals surface area contributed by atoms with Gasteiger partial charge in [-0.2, -0.15) is 0 Å². The van der Waals surface area contributed by atoms with Crippen molar-refractivity contribution >= 4 is 38.6 Å². The van der Waals surface area contributed by atoms with Crippen molar-refractivity contribution in [1.82, 2.24) is 14.1 Å². The molecule has 2 aromatic heterocycles. The number of thioether (sulfide) groups is 1. The number of nitrogens with two attached hydrogens (primary N) is 1. The number of nitrogens with zero attached hydrogens (tertiary/aromatic N) is 3. The van der Waals surface area contributed by atoms with E-state index in [9.17, 15) is 13.2 Å². The first-order valence-electron chi connectivity index (χ1n) is 8.84. The zero-order chi connectivity index (χ0) is 20.8. The normalized spacial score (nSPS) is 12.2. The Labute approximate surface area is 169 Å². The molecular weight excluding hydrogens is 396 g/mol. The van der Waals surface area contributed by atoms with E-state index in [4.69, 9.17) is 5.14 Å². The first-order chi connectivity index (χ1) is 13.0. The Balaban J connectivity index is 1.85. The Morgan fingerprint density at radius 1 is 1.25 bits per heavy atom. The molecular formula is C19H24N4O3S2. The van der Waals surface area contributed by atoms with Crippen LogP contribution >= 0.6 is 11.8 Å². The fourth-order valence-corrected chi connectivity index (χ4v) is 4.93. The van der Waals surface area contributed by atoms with Gasteiger partial charge in [0.2, 0.25) is 10.0 Å². The van der Waals surface area contributed by atoms with Gasteiger partial charge in [0, 0.05) is 30.0 Å². The highest BCUT2D eigenvalue weighted by atomic mass is 32.2. The zero-order valence-electron chi connectivity index (χ0n) is 16.6. The van der Waals surface area contributed by atoms with Crippen molar-refractivity contribution in [2.24, 2.45) is 12.2 Å². The first kappa shape index (κ1) is 20.6. The maximum atomic E-state index is 12.8. The SMILES string of the molecule is Cc1cc(C(=O)CSc2nc3cc(S(N)(=O)=O)ccc3n2C)c(C)n1C(C)C. The molecule has 3 rings (SSSR count). The summed E-state index contributed by atoms with van der Waals surface area (Å²) in [6.45, 7) is 8.16. The molecule has 0 atom stereocenters. The maximum absolute atomic E-state index is 12.8. The van der Waals surface area contributed by atoms with Crippen LogP contribution in [0.5, 0.6) is 0 Å². The quantitative estimate of drug-likeness (QED) is 0.488. The number of benzene rings is 1. The van der Waals surface area contributed by atoms with E-state index >= 15 is 0 Å². The minimum Gasteiger partial charge on any atom is -0.346 e. The topological polar surface area (TPSA) is 100.0 Å². The monoisotopic (exact) mass is 420 g/mol. The summed E-state index contributed by atoms with van der Waals surface area (Å²) in [5.74, 6) is 0.295. The molecule has 9 heteroatoms. The Hall–Kier alpha value is -2.10. The molecule has 0 aliphatic heterocycles. The van der Waals surface area contributed by atoms with Crippen LogP contribution in [0.15, 0.2) is 34.3 Å². The van der Waals surface area contributed by atoms with Crippen LogP contribution in [0.25, 0.3) is 11.0 Å². The largest absolute Gasteiger partial charge is 0.346 e. The van der Waals surface area contributed by atoms with Crippen molar-refractivity contribution in [2.75, 3.05) is 5.75 Å². The van der Waals surface area contributed by atoms with Gasteiger partial charge in [0.25, 0.3) is 0 Å². The second-order valence-corrected chi connectivity index (χ2v) is 9.61. The van der Waals surface area contributed by atoms with Crippen molar-refractivity contribution in [3.8, 4) is 0 Å². The fourth-order valence-electron chi connectivity index (χ4n) is 3.53. The summed E-state index contributed by atoms with van der Waals surface area (Å²) in [6.07, 6.45) is 0. The average molecular weight is 421 g/mol. The van der Waals surface area contributed by atoms with Crippen LogP contribution in [0.2, 0.25) is 0 Å². The average Bonchev–Trinajstić information content (AvgIpc) is 3.08. The number of hydrogen-bond acceptors (Lipinski definition) is 5. The molecule has 28 heavy (non-hydrogen) atoms. The minimum atomic E-state index is -3.79. The molecule has 0 unspecified atom stereocenters. The number of fused-ring (bicyclic) bond motifs is 1. The third-order valence-corrected chi connectivity index (χ3v) is 6.71. The standard InChI is InChI=1S/C19H24N4O3S2/c1-11(2)23-12(3)8-15(13(23)4)18(24)10-27-19-21-16-9-14(28(20,25)26)6-7-17(16)22(19)5/h6-9,11H,10H2,1-5H3,(H2,20,25,26). The lowest BCUT2D eigenvalue weighted by Gasteiger charge is -2.13. The van der Waals surface area contributed by atoms with Crippen LogP contribution in [-0.2, 0) is 17.1 Å². The lowest BCUT2D eigenvalue weighted by molar-refractivity contribution is 0.102. The van der Waals surface area contributed by atoms with Crippen LogP contribution in [0.1, 0.15) is 41.6 Å². The summed E-state index contributed by atoms with van der Waals surface area (Å²) in [5, 5.41) is 5.84. The molecule has 0 saturated heterocycles. The van der Waals surface area contributed by atoms with Crippen LogP contribution in [-0.4, -0.2) is 34.1 Å². The molecule has 2 N–H and O–H groups in total. The molecule has 0 amide bonds. The molecule has 0 aliphatic rings. The maximum Gasteiger partial charge on any atom is 0.238 e. The Kier molecular flexibility index (Phi) is 5.44. The number of primary sulfonamides is 1. The third-order valence-electron chi connectivity index (χ3n) is 4.77. The smallest absolute Gasteiger partial charge is 0.238 e. The Morgan fingerprint density at radius 2 is 1.93 bits per heavy atom. The van der Waals surface area contributed by atoms with E-state index in [-0.39, 0.29) is 16.4 Å². The number of aryl methyl sites for hydroxylation is 2. The summed E-state index contributed by atoms with van der Waals surface area (Å²) in [6, 6.07) is 6.81. The molecule has 3 aromatic rings. The van der Waals surface area contributed by atoms with Gasteiger partial charge in [-0.15, -0.1) is 0 Å². The molecule has 0 bridgehead atoms. The number of carbonyl (C=O) groups excluding carboxylic acids is 1. The van der Waals surface area contributed by atoms with E-state index in [0.29, 0.717) is 16.7 Å². The predicted octanol–water partition coefficient (Wildman–Crippen LogP) is 3.19. The van der Waals surface area contributed by atoms with Gasteiger partial charge >= 0.3 is 0 Å². The van der Waals surface area contributed by atoms with Gasteiger partial charge in [-0.25, -0.2) is 18.5 Å². The highest BCUT2D eigenvalue weighted by Gasteiger charge is 2.19. The Bertz CT molecular complexity index is 1170. The molecule has 0 fully saturated rings. The number of sulfonamides is 1. The first-order valence-corrected chi connectivity index (χ1v) is 11.4. The van der Waals surface area contributed by atoms with Crippen LogP contribution in [0, 0.1) is 13.8 Å². The number of aromatic nitrogens is 3. The van der Waals surface area contributed by atoms with E-state index < -0.39 is 10.0 Å². The predicted molar refractivity (Wildman–Crippen MR) is 111 cm³/mol. The highest BCUT2D eigenvalue weighted by molar-refractivity contribution is 7.99. The van der Waals surface area contributed by atoms with Gasteiger partial charge in [0.05, 0.1) is 21.7 Å². The van der Waals surface area contributed by atoms with E-state index in [1.807, 2.05) is 31.5 Å². The summed E-state index contributed by atoms with van der Waals surface area (Å²) < 4.78 is 27.1. The lowest BCUT2D eigenvalue weighted by Crippen LogP contribution is -2.11. The second-order valence-electron chi connectivity index (χ2n) is 7.11. The summed E-state index contributed by atoms with van der Waals surface area (Å²) in [4.78, 5) is 17.3. The zero-order valence-corrected chi connectivity index (χ0v) is 18.2.